The van der Waals surface area contributed by atoms with Crippen molar-refractivity contribution in [3.05, 3.63) is 42.5 Å². The van der Waals surface area contributed by atoms with Crippen LogP contribution in [-0.4, -0.2) is 62.2 Å². The molecule has 0 aliphatic carbocycles. The zero-order chi connectivity index (χ0) is 19.1. The number of likely N-dealkylation sites (tertiary alicyclic amines) is 1. The van der Waals surface area contributed by atoms with Gasteiger partial charge < -0.3 is 14.5 Å². The summed E-state index contributed by atoms with van der Waals surface area (Å²) in [6.45, 7) is 4.72. The van der Waals surface area contributed by atoms with Gasteiger partial charge in [-0.1, -0.05) is 23.9 Å². The van der Waals surface area contributed by atoms with Gasteiger partial charge in [0, 0.05) is 54.1 Å². The van der Waals surface area contributed by atoms with Crippen LogP contribution in [0.15, 0.2) is 52.3 Å². The zero-order valence-corrected chi connectivity index (χ0v) is 17.6. The minimum Gasteiger partial charge on any atom is -0.497 e. The molecule has 0 spiro atoms. The fraction of sp³-hybridized carbons (Fsp3) is 0.478. The summed E-state index contributed by atoms with van der Waals surface area (Å²) in [4.78, 5) is 10.5. The van der Waals surface area contributed by atoms with Crippen LogP contribution in [0, 0.1) is 0 Å². The second kappa shape index (κ2) is 7.62. The number of hydrogen-bond acceptors (Lipinski definition) is 5. The third-order valence-electron chi connectivity index (χ3n) is 6.45. The maximum absolute atomic E-state index is 5.51. The van der Waals surface area contributed by atoms with Crippen molar-refractivity contribution in [3.63, 3.8) is 0 Å². The Morgan fingerprint density at radius 3 is 2.50 bits per heavy atom. The van der Waals surface area contributed by atoms with Gasteiger partial charge in [-0.05, 0) is 50.6 Å². The number of benzene rings is 2. The van der Waals surface area contributed by atoms with Gasteiger partial charge in [0.2, 0.25) is 0 Å². The number of methoxy groups -OCH3 is 1. The van der Waals surface area contributed by atoms with Crippen molar-refractivity contribution in [2.24, 2.45) is 0 Å². The molecule has 28 heavy (non-hydrogen) atoms. The molecule has 4 nitrogen and oxygen atoms in total. The third kappa shape index (κ3) is 3.30. The lowest BCUT2D eigenvalue weighted by molar-refractivity contribution is 0.0821. The normalized spacial score (nSPS) is 24.1. The Bertz CT molecular complexity index is 843. The molecule has 5 rings (SSSR count). The van der Waals surface area contributed by atoms with E-state index >= 15 is 0 Å². The molecule has 3 heterocycles. The molecule has 0 N–H and O–H groups in total. The number of fused-ring (bicyclic) bond motifs is 4. The van der Waals surface area contributed by atoms with E-state index in [1.165, 1.54) is 60.1 Å². The topological polar surface area (TPSA) is 19.0 Å². The number of para-hydroxylation sites is 1. The van der Waals surface area contributed by atoms with Gasteiger partial charge in [0.25, 0.3) is 0 Å². The Balaban J connectivity index is 1.35. The predicted octanol–water partition coefficient (Wildman–Crippen LogP) is 4.47. The highest BCUT2D eigenvalue weighted by molar-refractivity contribution is 7.99. The predicted molar refractivity (Wildman–Crippen MR) is 116 cm³/mol. The van der Waals surface area contributed by atoms with E-state index in [9.17, 15) is 0 Å². The fourth-order valence-corrected chi connectivity index (χ4v) is 6.23. The summed E-state index contributed by atoms with van der Waals surface area (Å²) in [7, 11) is 4.02. The summed E-state index contributed by atoms with van der Waals surface area (Å²) in [6.07, 6.45) is 3.93. The van der Waals surface area contributed by atoms with E-state index in [-0.39, 0.29) is 0 Å². The van der Waals surface area contributed by atoms with Crippen LogP contribution >= 0.6 is 11.8 Å². The van der Waals surface area contributed by atoms with Crippen molar-refractivity contribution < 1.29 is 4.74 Å². The molecule has 2 unspecified atom stereocenters. The Kier molecular flexibility index (Phi) is 4.99. The second-order valence-electron chi connectivity index (χ2n) is 8.25. The summed E-state index contributed by atoms with van der Waals surface area (Å²) in [5.41, 5.74) is 2.61. The highest BCUT2D eigenvalue weighted by Crippen LogP contribution is 2.49. The lowest BCUT2D eigenvalue weighted by Crippen LogP contribution is -2.52. The van der Waals surface area contributed by atoms with E-state index in [1.807, 2.05) is 11.8 Å². The Morgan fingerprint density at radius 1 is 0.964 bits per heavy atom. The average Bonchev–Trinajstić information content (AvgIpc) is 2.96. The van der Waals surface area contributed by atoms with E-state index in [1.54, 1.807) is 7.11 Å². The van der Waals surface area contributed by atoms with E-state index in [0.29, 0.717) is 0 Å². The quantitative estimate of drug-likeness (QED) is 0.742. The van der Waals surface area contributed by atoms with Gasteiger partial charge in [-0.15, -0.1) is 0 Å². The molecular weight excluding hydrogens is 366 g/mol. The monoisotopic (exact) mass is 395 g/mol. The SMILES string of the molecule is COc1ccc2c(c1)N(CCCN1C3CCC1CN(C)C3)c1ccccc1S2. The van der Waals surface area contributed by atoms with Gasteiger partial charge >= 0.3 is 0 Å². The smallest absolute Gasteiger partial charge is 0.121 e. The number of likely N-dealkylation sites (N-methyl/N-ethyl adjacent to an activating group) is 1. The first kappa shape index (κ1) is 18.3. The maximum atomic E-state index is 5.51. The first-order valence-electron chi connectivity index (χ1n) is 10.4. The molecule has 3 aliphatic heterocycles. The van der Waals surface area contributed by atoms with Crippen LogP contribution in [0.4, 0.5) is 11.4 Å². The Hall–Kier alpha value is -1.69. The summed E-state index contributed by atoms with van der Waals surface area (Å²) < 4.78 is 5.51. The number of piperazine rings is 1. The van der Waals surface area contributed by atoms with Crippen LogP contribution in [0.5, 0.6) is 5.75 Å². The summed E-state index contributed by atoms with van der Waals surface area (Å²) >= 11 is 1.86. The minimum atomic E-state index is 0.764. The van der Waals surface area contributed by atoms with Crippen LogP contribution in [0.25, 0.3) is 0 Å². The van der Waals surface area contributed by atoms with Crippen LogP contribution in [-0.2, 0) is 0 Å². The van der Waals surface area contributed by atoms with Crippen LogP contribution < -0.4 is 9.64 Å². The molecule has 0 amide bonds. The van der Waals surface area contributed by atoms with Crippen molar-refractivity contribution in [2.45, 2.75) is 41.1 Å². The first-order valence-corrected chi connectivity index (χ1v) is 11.2. The van der Waals surface area contributed by atoms with Gasteiger partial charge in [0.05, 0.1) is 18.5 Å². The molecule has 2 atom stereocenters. The van der Waals surface area contributed by atoms with E-state index in [2.05, 4.69) is 64.2 Å². The molecule has 2 aromatic carbocycles. The van der Waals surface area contributed by atoms with Gasteiger partial charge in [-0.25, -0.2) is 0 Å². The van der Waals surface area contributed by atoms with Gasteiger partial charge in [-0.2, -0.15) is 0 Å². The highest BCUT2D eigenvalue weighted by atomic mass is 32.2. The highest BCUT2D eigenvalue weighted by Gasteiger charge is 2.38. The number of nitrogens with zero attached hydrogens (tertiary/aromatic N) is 3. The molecule has 0 aromatic heterocycles. The Labute approximate surface area is 172 Å². The molecule has 0 radical (unpaired) electrons. The number of anilines is 2. The van der Waals surface area contributed by atoms with Gasteiger partial charge in [-0.3, -0.25) is 4.90 Å². The van der Waals surface area contributed by atoms with Crippen LogP contribution in [0.2, 0.25) is 0 Å². The zero-order valence-electron chi connectivity index (χ0n) is 16.8. The number of rotatable bonds is 5. The molecule has 2 aromatic rings. The molecule has 5 heteroatoms. The molecule has 3 aliphatic rings. The van der Waals surface area contributed by atoms with Crippen molar-refractivity contribution >= 4 is 23.1 Å². The lowest BCUT2D eigenvalue weighted by Gasteiger charge is -2.40. The van der Waals surface area contributed by atoms with E-state index in [0.717, 1.165) is 24.4 Å². The third-order valence-corrected chi connectivity index (χ3v) is 7.58. The van der Waals surface area contributed by atoms with Crippen molar-refractivity contribution in [3.8, 4) is 5.75 Å². The Morgan fingerprint density at radius 2 is 1.71 bits per heavy atom. The fourth-order valence-electron chi connectivity index (χ4n) is 5.15. The van der Waals surface area contributed by atoms with Crippen molar-refractivity contribution in [1.29, 1.82) is 0 Å². The second-order valence-corrected chi connectivity index (χ2v) is 9.34. The standard InChI is InChI=1S/C23H29N3OS/c1-24-15-17-8-9-18(16-24)25(17)12-5-13-26-20-6-3-4-7-22(20)28-23-11-10-19(27-2)14-21(23)26/h3-4,6-7,10-11,14,17-18H,5,8-9,12-13,15-16H2,1-2H3. The molecule has 2 bridgehead atoms. The summed E-state index contributed by atoms with van der Waals surface area (Å²) in [5, 5.41) is 0. The van der Waals surface area contributed by atoms with Crippen molar-refractivity contribution in [1.82, 2.24) is 9.80 Å². The van der Waals surface area contributed by atoms with Crippen molar-refractivity contribution in [2.75, 3.05) is 45.2 Å². The first-order chi connectivity index (χ1) is 13.7. The number of ether oxygens (including phenoxy) is 1. The largest absolute Gasteiger partial charge is 0.497 e. The van der Waals surface area contributed by atoms with E-state index in [4.69, 9.17) is 4.74 Å². The summed E-state index contributed by atoms with van der Waals surface area (Å²) in [6, 6.07) is 16.8. The molecule has 0 saturated carbocycles. The molecular formula is C23H29N3OS. The van der Waals surface area contributed by atoms with Crippen LogP contribution in [0.3, 0.4) is 0 Å². The number of hydrogen-bond donors (Lipinski definition) is 0. The lowest BCUT2D eigenvalue weighted by atomic mass is 10.1. The van der Waals surface area contributed by atoms with E-state index < -0.39 is 0 Å². The van der Waals surface area contributed by atoms with Crippen LogP contribution in [0.1, 0.15) is 19.3 Å². The van der Waals surface area contributed by atoms with Gasteiger partial charge in [0.1, 0.15) is 5.75 Å². The average molecular weight is 396 g/mol. The molecule has 2 fully saturated rings. The molecule has 2 saturated heterocycles. The summed E-state index contributed by atoms with van der Waals surface area (Å²) in [5.74, 6) is 0.931. The minimum absolute atomic E-state index is 0.764. The molecule has 148 valence electrons. The maximum Gasteiger partial charge on any atom is 0.121 e. The van der Waals surface area contributed by atoms with Gasteiger partial charge in [0.15, 0.2) is 0 Å².